The van der Waals surface area contributed by atoms with Gasteiger partial charge in [0.25, 0.3) is 0 Å². The Balaban J connectivity index is 1.53. The number of anilines is 1. The van der Waals surface area contributed by atoms with Gasteiger partial charge in [0.2, 0.25) is 0 Å². The number of halogens is 6. The van der Waals surface area contributed by atoms with Crippen molar-refractivity contribution in [1.29, 1.82) is 0 Å². The van der Waals surface area contributed by atoms with E-state index < -0.39 is 35.9 Å². The summed E-state index contributed by atoms with van der Waals surface area (Å²) in [6.07, 6.45) is -7.13. The number of fused-ring (bicyclic) bond motifs is 1. The van der Waals surface area contributed by atoms with E-state index in [4.69, 9.17) is 4.74 Å². The SMILES string of the molecule is CC(C1CCC(C(=O)O)CC1)N(C)c1ccc2c(C(F)(F)F)c(OC3CCC(C(F)(F)F)CC3)ccc2c1. The largest absolute Gasteiger partial charge is 0.490 e. The molecular formula is C28H33F6NO3. The first-order chi connectivity index (χ1) is 17.8. The third kappa shape index (κ3) is 6.15. The normalized spacial score (nSPS) is 25.7. The summed E-state index contributed by atoms with van der Waals surface area (Å²) in [7, 11) is 1.88. The van der Waals surface area contributed by atoms with Gasteiger partial charge in [0.1, 0.15) is 11.3 Å². The second-order valence-electron chi connectivity index (χ2n) is 10.8. The summed E-state index contributed by atoms with van der Waals surface area (Å²) in [5, 5.41) is 9.60. The average molecular weight is 546 g/mol. The van der Waals surface area contributed by atoms with Gasteiger partial charge in [0.05, 0.1) is 17.9 Å². The van der Waals surface area contributed by atoms with Crippen LogP contribution in [0.15, 0.2) is 30.3 Å². The second-order valence-corrected chi connectivity index (χ2v) is 10.8. The van der Waals surface area contributed by atoms with E-state index in [1.54, 1.807) is 18.2 Å². The highest BCUT2D eigenvalue weighted by atomic mass is 19.4. The molecule has 38 heavy (non-hydrogen) atoms. The van der Waals surface area contributed by atoms with Gasteiger partial charge in [-0.15, -0.1) is 0 Å². The van der Waals surface area contributed by atoms with Crippen molar-refractivity contribution in [3.05, 3.63) is 35.9 Å². The van der Waals surface area contributed by atoms with Crippen molar-refractivity contribution in [1.82, 2.24) is 0 Å². The molecule has 0 heterocycles. The number of aliphatic carboxylic acids is 1. The van der Waals surface area contributed by atoms with Gasteiger partial charge in [-0.25, -0.2) is 0 Å². The Bertz CT molecular complexity index is 1130. The molecule has 2 aliphatic rings. The molecule has 0 aliphatic heterocycles. The van der Waals surface area contributed by atoms with Crippen molar-refractivity contribution in [2.75, 3.05) is 11.9 Å². The van der Waals surface area contributed by atoms with Crippen LogP contribution < -0.4 is 9.64 Å². The predicted molar refractivity (Wildman–Crippen MR) is 132 cm³/mol. The van der Waals surface area contributed by atoms with E-state index in [0.717, 1.165) is 18.5 Å². The second kappa shape index (κ2) is 10.8. The number of carboxylic acid groups (broad SMARTS) is 1. The zero-order chi connectivity index (χ0) is 27.8. The molecule has 1 atom stereocenters. The lowest BCUT2D eigenvalue weighted by Crippen LogP contribution is -2.38. The highest BCUT2D eigenvalue weighted by molar-refractivity contribution is 5.91. The minimum atomic E-state index is -4.71. The number of rotatable bonds is 6. The fraction of sp³-hybridized carbons (Fsp3) is 0.607. The van der Waals surface area contributed by atoms with E-state index in [1.165, 1.54) is 12.1 Å². The molecule has 2 fully saturated rings. The summed E-state index contributed by atoms with van der Waals surface area (Å²) in [5.41, 5.74) is -0.167. The predicted octanol–water partition coefficient (Wildman–Crippen LogP) is 8.07. The fourth-order valence-electron chi connectivity index (χ4n) is 5.99. The molecule has 0 saturated heterocycles. The lowest BCUT2D eigenvalue weighted by atomic mass is 9.78. The maximum absolute atomic E-state index is 14.2. The number of hydrogen-bond acceptors (Lipinski definition) is 3. The van der Waals surface area contributed by atoms with Crippen LogP contribution in [0.1, 0.15) is 63.9 Å². The fourth-order valence-corrected chi connectivity index (χ4v) is 5.99. The third-order valence-corrected chi connectivity index (χ3v) is 8.50. The molecule has 2 aromatic rings. The molecule has 0 radical (unpaired) electrons. The number of carbonyl (C=O) groups is 1. The molecule has 2 aromatic carbocycles. The molecule has 4 nitrogen and oxygen atoms in total. The Labute approximate surface area is 217 Å². The molecule has 0 aromatic heterocycles. The lowest BCUT2D eigenvalue weighted by molar-refractivity contribution is -0.185. The summed E-state index contributed by atoms with van der Waals surface area (Å²) < 4.78 is 87.1. The molecule has 4 rings (SSSR count). The van der Waals surface area contributed by atoms with Gasteiger partial charge < -0.3 is 14.7 Å². The molecule has 2 aliphatic carbocycles. The minimum Gasteiger partial charge on any atom is -0.490 e. The van der Waals surface area contributed by atoms with Crippen molar-refractivity contribution in [3.8, 4) is 5.75 Å². The van der Waals surface area contributed by atoms with E-state index in [-0.39, 0.29) is 54.7 Å². The summed E-state index contributed by atoms with van der Waals surface area (Å²) in [6.45, 7) is 2.04. The van der Waals surface area contributed by atoms with Crippen LogP contribution in [0.2, 0.25) is 0 Å². The van der Waals surface area contributed by atoms with E-state index >= 15 is 0 Å². The van der Waals surface area contributed by atoms with Gasteiger partial charge in [-0.1, -0.05) is 12.1 Å². The van der Waals surface area contributed by atoms with Crippen LogP contribution in [-0.2, 0) is 11.0 Å². The summed E-state index contributed by atoms with van der Waals surface area (Å²) in [4.78, 5) is 13.3. The van der Waals surface area contributed by atoms with Gasteiger partial charge in [0, 0.05) is 18.8 Å². The summed E-state index contributed by atoms with van der Waals surface area (Å²) in [5.74, 6) is -2.60. The zero-order valence-electron chi connectivity index (χ0n) is 21.4. The quantitative estimate of drug-likeness (QED) is 0.373. The summed E-state index contributed by atoms with van der Waals surface area (Å²) >= 11 is 0. The standard InChI is InChI=1S/C28H33F6NO3/c1-16(17-3-5-18(6-4-17)26(36)37)35(2)21-10-13-23-19(15-21)7-14-24(25(23)28(32,33)34)38-22-11-8-20(9-12-22)27(29,30)31/h7,10,13-18,20,22H,3-6,8-9,11-12H2,1-2H3,(H,36,37). The van der Waals surface area contributed by atoms with Crippen molar-refractivity contribution in [2.24, 2.45) is 17.8 Å². The Kier molecular flexibility index (Phi) is 8.09. The van der Waals surface area contributed by atoms with Crippen molar-refractivity contribution in [2.45, 2.75) is 82.8 Å². The van der Waals surface area contributed by atoms with E-state index in [0.29, 0.717) is 18.2 Å². The monoisotopic (exact) mass is 545 g/mol. The van der Waals surface area contributed by atoms with E-state index in [9.17, 15) is 36.2 Å². The van der Waals surface area contributed by atoms with E-state index in [2.05, 4.69) is 0 Å². The molecule has 10 heteroatoms. The van der Waals surface area contributed by atoms with Crippen LogP contribution >= 0.6 is 0 Å². The number of benzene rings is 2. The van der Waals surface area contributed by atoms with Crippen LogP contribution in [0.4, 0.5) is 32.0 Å². The zero-order valence-corrected chi connectivity index (χ0v) is 21.4. The minimum absolute atomic E-state index is 0.0225. The number of alkyl halides is 6. The molecule has 0 amide bonds. The van der Waals surface area contributed by atoms with Crippen molar-refractivity contribution in [3.63, 3.8) is 0 Å². The maximum Gasteiger partial charge on any atom is 0.420 e. The van der Waals surface area contributed by atoms with Crippen LogP contribution in [0.25, 0.3) is 10.8 Å². The number of hydrogen-bond donors (Lipinski definition) is 1. The van der Waals surface area contributed by atoms with Crippen molar-refractivity contribution < 1.29 is 41.0 Å². The smallest absolute Gasteiger partial charge is 0.420 e. The Morgan fingerprint density at radius 2 is 1.58 bits per heavy atom. The van der Waals surface area contributed by atoms with Crippen LogP contribution in [0.3, 0.4) is 0 Å². The van der Waals surface area contributed by atoms with Crippen LogP contribution in [-0.4, -0.2) is 36.4 Å². The number of nitrogens with zero attached hydrogens (tertiary/aromatic N) is 1. The molecule has 0 spiro atoms. The Hall–Kier alpha value is -2.65. The first-order valence-corrected chi connectivity index (χ1v) is 13.1. The van der Waals surface area contributed by atoms with E-state index in [1.807, 2.05) is 18.9 Å². The van der Waals surface area contributed by atoms with Gasteiger partial charge >= 0.3 is 18.3 Å². The highest BCUT2D eigenvalue weighted by Crippen LogP contribution is 2.44. The van der Waals surface area contributed by atoms with Gasteiger partial charge in [-0.2, -0.15) is 26.3 Å². The molecule has 1 N–H and O–H groups in total. The average Bonchev–Trinajstić information content (AvgIpc) is 2.86. The van der Waals surface area contributed by atoms with Crippen LogP contribution in [0.5, 0.6) is 5.75 Å². The third-order valence-electron chi connectivity index (χ3n) is 8.50. The molecule has 0 bridgehead atoms. The molecule has 2 saturated carbocycles. The highest BCUT2D eigenvalue weighted by Gasteiger charge is 2.43. The molecular weight excluding hydrogens is 512 g/mol. The Morgan fingerprint density at radius 3 is 2.13 bits per heavy atom. The van der Waals surface area contributed by atoms with Crippen molar-refractivity contribution >= 4 is 22.4 Å². The van der Waals surface area contributed by atoms with Gasteiger partial charge in [0.15, 0.2) is 0 Å². The topological polar surface area (TPSA) is 49.8 Å². The summed E-state index contributed by atoms with van der Waals surface area (Å²) in [6, 6.07) is 7.64. The van der Waals surface area contributed by atoms with Gasteiger partial charge in [-0.05, 0) is 93.2 Å². The molecule has 1 unspecified atom stereocenters. The maximum atomic E-state index is 14.2. The number of carboxylic acids is 1. The van der Waals surface area contributed by atoms with Crippen LogP contribution in [0, 0.1) is 17.8 Å². The Morgan fingerprint density at radius 1 is 0.947 bits per heavy atom. The van der Waals surface area contributed by atoms with Gasteiger partial charge in [-0.3, -0.25) is 4.79 Å². The lowest BCUT2D eigenvalue weighted by Gasteiger charge is -2.37. The molecule has 210 valence electrons. The first-order valence-electron chi connectivity index (χ1n) is 13.1. The number of ether oxygens (including phenoxy) is 1. The first kappa shape index (κ1) is 28.4.